The van der Waals surface area contributed by atoms with Gasteiger partial charge < -0.3 is 15.0 Å². The van der Waals surface area contributed by atoms with E-state index in [2.05, 4.69) is 19.2 Å². The lowest BCUT2D eigenvalue weighted by molar-refractivity contribution is 0.0989. The standard InChI is InChI=1S/C26H28N2O3/c1-4-28(21-10-6-5-7-11-21)26(30)23-12-8-9-13-24(23)27-25(29)20-14-16-22(17-15-20)31-18-19(2)3/h5-17,19H,4,18H2,1-3H3,(H,27,29). The molecule has 0 unspecified atom stereocenters. The first kappa shape index (κ1) is 22.1. The lowest BCUT2D eigenvalue weighted by Gasteiger charge is -2.22. The number of carbonyl (C=O) groups is 2. The van der Waals surface area contributed by atoms with E-state index in [4.69, 9.17) is 4.74 Å². The van der Waals surface area contributed by atoms with Crippen LogP contribution in [0.15, 0.2) is 78.9 Å². The second-order valence-electron chi connectivity index (χ2n) is 7.61. The zero-order valence-electron chi connectivity index (χ0n) is 18.2. The third kappa shape index (κ3) is 5.72. The summed E-state index contributed by atoms with van der Waals surface area (Å²) in [6, 6.07) is 23.6. The Labute approximate surface area is 183 Å². The molecule has 2 amide bonds. The molecule has 0 saturated heterocycles. The maximum Gasteiger partial charge on any atom is 0.260 e. The second kappa shape index (κ2) is 10.4. The van der Waals surface area contributed by atoms with Gasteiger partial charge in [0.25, 0.3) is 11.8 Å². The molecule has 0 aliphatic carbocycles. The maximum absolute atomic E-state index is 13.2. The highest BCUT2D eigenvalue weighted by Crippen LogP contribution is 2.23. The third-order valence-electron chi connectivity index (χ3n) is 4.73. The number of nitrogens with one attached hydrogen (secondary N) is 1. The molecule has 0 aromatic heterocycles. The van der Waals surface area contributed by atoms with Gasteiger partial charge in [-0.25, -0.2) is 0 Å². The first-order valence-corrected chi connectivity index (χ1v) is 10.5. The molecule has 0 aliphatic rings. The number of amides is 2. The van der Waals surface area contributed by atoms with Gasteiger partial charge in [-0.1, -0.05) is 44.2 Å². The molecule has 0 heterocycles. The average Bonchev–Trinajstić information content (AvgIpc) is 2.79. The number of benzene rings is 3. The molecule has 1 N–H and O–H groups in total. The van der Waals surface area contributed by atoms with Crippen LogP contribution in [-0.2, 0) is 0 Å². The van der Waals surface area contributed by atoms with Crippen LogP contribution in [0.2, 0.25) is 0 Å². The molecule has 3 aromatic carbocycles. The largest absolute Gasteiger partial charge is 0.493 e. The van der Waals surface area contributed by atoms with E-state index in [1.54, 1.807) is 53.4 Å². The minimum atomic E-state index is -0.279. The van der Waals surface area contributed by atoms with Crippen molar-refractivity contribution in [2.75, 3.05) is 23.4 Å². The molecule has 5 heteroatoms. The molecular formula is C26H28N2O3. The molecule has 160 valence electrons. The molecule has 5 nitrogen and oxygen atoms in total. The van der Waals surface area contributed by atoms with Crippen LogP contribution in [0.4, 0.5) is 11.4 Å². The van der Waals surface area contributed by atoms with Crippen LogP contribution in [0.1, 0.15) is 41.5 Å². The number of nitrogens with zero attached hydrogens (tertiary/aromatic N) is 1. The zero-order valence-corrected chi connectivity index (χ0v) is 18.2. The van der Waals surface area contributed by atoms with Crippen LogP contribution >= 0.6 is 0 Å². The minimum absolute atomic E-state index is 0.165. The van der Waals surface area contributed by atoms with Crippen molar-refractivity contribution < 1.29 is 14.3 Å². The Hall–Kier alpha value is -3.60. The van der Waals surface area contributed by atoms with Gasteiger partial charge in [-0.05, 0) is 61.4 Å². The fourth-order valence-electron chi connectivity index (χ4n) is 3.14. The highest BCUT2D eigenvalue weighted by molar-refractivity contribution is 6.13. The highest BCUT2D eigenvalue weighted by Gasteiger charge is 2.20. The summed E-state index contributed by atoms with van der Waals surface area (Å²) in [4.78, 5) is 27.7. The van der Waals surface area contributed by atoms with Crippen LogP contribution in [-0.4, -0.2) is 25.0 Å². The van der Waals surface area contributed by atoms with Crippen molar-refractivity contribution in [3.63, 3.8) is 0 Å². The Kier molecular flexibility index (Phi) is 7.44. The molecule has 0 atom stereocenters. The summed E-state index contributed by atoms with van der Waals surface area (Å²) in [5, 5.41) is 2.88. The fourth-order valence-corrected chi connectivity index (χ4v) is 3.14. The summed E-state index contributed by atoms with van der Waals surface area (Å²) in [6.45, 7) is 7.23. The van der Waals surface area contributed by atoms with Gasteiger partial charge in [0.1, 0.15) is 5.75 Å². The van der Waals surface area contributed by atoms with E-state index in [9.17, 15) is 9.59 Å². The summed E-state index contributed by atoms with van der Waals surface area (Å²) in [7, 11) is 0. The Morgan fingerprint density at radius 2 is 1.55 bits per heavy atom. The summed E-state index contributed by atoms with van der Waals surface area (Å²) < 4.78 is 5.67. The van der Waals surface area contributed by atoms with E-state index in [1.165, 1.54) is 0 Å². The molecule has 0 aliphatic heterocycles. The van der Waals surface area contributed by atoms with E-state index in [1.807, 2.05) is 37.3 Å². The Morgan fingerprint density at radius 1 is 0.903 bits per heavy atom. The molecular weight excluding hydrogens is 388 g/mol. The molecule has 0 bridgehead atoms. The van der Waals surface area contributed by atoms with Gasteiger partial charge in [0.15, 0.2) is 0 Å². The molecule has 0 spiro atoms. The van der Waals surface area contributed by atoms with Gasteiger partial charge in [0, 0.05) is 17.8 Å². The molecule has 31 heavy (non-hydrogen) atoms. The number of para-hydroxylation sites is 2. The van der Waals surface area contributed by atoms with Crippen LogP contribution in [0, 0.1) is 5.92 Å². The average molecular weight is 417 g/mol. The number of anilines is 2. The number of carbonyl (C=O) groups excluding carboxylic acids is 2. The SMILES string of the molecule is CCN(C(=O)c1ccccc1NC(=O)c1ccc(OCC(C)C)cc1)c1ccccc1. The smallest absolute Gasteiger partial charge is 0.260 e. The minimum Gasteiger partial charge on any atom is -0.493 e. The van der Waals surface area contributed by atoms with E-state index < -0.39 is 0 Å². The summed E-state index contributed by atoms with van der Waals surface area (Å²) in [6.07, 6.45) is 0. The first-order chi connectivity index (χ1) is 15.0. The maximum atomic E-state index is 13.2. The topological polar surface area (TPSA) is 58.6 Å². The number of hydrogen-bond acceptors (Lipinski definition) is 3. The van der Waals surface area contributed by atoms with Crippen molar-refractivity contribution in [1.82, 2.24) is 0 Å². The Morgan fingerprint density at radius 3 is 2.19 bits per heavy atom. The van der Waals surface area contributed by atoms with Crippen molar-refractivity contribution in [3.8, 4) is 5.75 Å². The van der Waals surface area contributed by atoms with E-state index >= 15 is 0 Å². The van der Waals surface area contributed by atoms with Crippen molar-refractivity contribution in [2.45, 2.75) is 20.8 Å². The zero-order chi connectivity index (χ0) is 22.2. The molecule has 0 fully saturated rings. The highest BCUT2D eigenvalue weighted by atomic mass is 16.5. The van der Waals surface area contributed by atoms with Crippen molar-refractivity contribution >= 4 is 23.2 Å². The van der Waals surface area contributed by atoms with Crippen LogP contribution in [0.25, 0.3) is 0 Å². The molecule has 3 rings (SSSR count). The van der Waals surface area contributed by atoms with Gasteiger partial charge >= 0.3 is 0 Å². The Balaban J connectivity index is 1.77. The lowest BCUT2D eigenvalue weighted by Crippen LogP contribution is -2.31. The van der Waals surface area contributed by atoms with Crippen LogP contribution in [0.5, 0.6) is 5.75 Å². The molecule has 0 saturated carbocycles. The summed E-state index contributed by atoms with van der Waals surface area (Å²) in [5.41, 5.74) is 2.23. The molecule has 0 radical (unpaired) electrons. The van der Waals surface area contributed by atoms with Gasteiger partial charge in [0.05, 0.1) is 17.9 Å². The monoisotopic (exact) mass is 416 g/mol. The Bertz CT molecular complexity index is 1010. The number of ether oxygens (including phenoxy) is 1. The van der Waals surface area contributed by atoms with Crippen molar-refractivity contribution in [1.29, 1.82) is 0 Å². The number of hydrogen-bond donors (Lipinski definition) is 1. The third-order valence-corrected chi connectivity index (χ3v) is 4.73. The fraction of sp³-hybridized carbons (Fsp3) is 0.231. The quantitative estimate of drug-likeness (QED) is 0.517. The normalized spacial score (nSPS) is 10.6. The van der Waals surface area contributed by atoms with Crippen molar-refractivity contribution in [2.24, 2.45) is 5.92 Å². The van der Waals surface area contributed by atoms with E-state index in [-0.39, 0.29) is 11.8 Å². The number of rotatable bonds is 8. The van der Waals surface area contributed by atoms with E-state index in [0.29, 0.717) is 35.9 Å². The van der Waals surface area contributed by atoms with Crippen LogP contribution in [0.3, 0.4) is 0 Å². The van der Waals surface area contributed by atoms with Gasteiger partial charge in [-0.3, -0.25) is 9.59 Å². The molecule has 3 aromatic rings. The van der Waals surface area contributed by atoms with Crippen LogP contribution < -0.4 is 15.0 Å². The van der Waals surface area contributed by atoms with Gasteiger partial charge in [0.2, 0.25) is 0 Å². The van der Waals surface area contributed by atoms with E-state index in [0.717, 1.165) is 11.4 Å². The predicted molar refractivity (Wildman–Crippen MR) is 125 cm³/mol. The lowest BCUT2D eigenvalue weighted by atomic mass is 10.1. The van der Waals surface area contributed by atoms with Gasteiger partial charge in [-0.15, -0.1) is 0 Å². The van der Waals surface area contributed by atoms with Gasteiger partial charge in [-0.2, -0.15) is 0 Å². The first-order valence-electron chi connectivity index (χ1n) is 10.5. The summed E-state index contributed by atoms with van der Waals surface area (Å²) in [5.74, 6) is 0.707. The predicted octanol–water partition coefficient (Wildman–Crippen LogP) is 5.64. The summed E-state index contributed by atoms with van der Waals surface area (Å²) >= 11 is 0. The van der Waals surface area contributed by atoms with Crippen molar-refractivity contribution in [3.05, 3.63) is 90.0 Å². The second-order valence-corrected chi connectivity index (χ2v) is 7.61.